The van der Waals surface area contributed by atoms with Gasteiger partial charge in [0.05, 0.1) is 23.7 Å². The van der Waals surface area contributed by atoms with E-state index in [4.69, 9.17) is 4.74 Å². The molecular formula is C20H21N3O4S. The number of nitrogens with one attached hydrogen (secondary N) is 1. The van der Waals surface area contributed by atoms with Gasteiger partial charge in [-0.2, -0.15) is 4.31 Å². The van der Waals surface area contributed by atoms with Crippen LogP contribution in [0.25, 0.3) is 10.9 Å². The summed E-state index contributed by atoms with van der Waals surface area (Å²) in [6, 6.07) is 14.0. The van der Waals surface area contributed by atoms with Gasteiger partial charge in [0.25, 0.3) is 5.91 Å². The second-order valence-electron chi connectivity index (χ2n) is 6.67. The van der Waals surface area contributed by atoms with Gasteiger partial charge in [-0.25, -0.2) is 8.42 Å². The standard InChI is InChI=1S/C20H21N3O4S/c1-22-14-18(17-7-2-3-8-19(17)22)20(24)21-15-5-4-6-16(13-15)28(25,26)23-9-11-27-12-10-23/h2-8,13-14H,9-12H2,1H3,(H,21,24). The Morgan fingerprint density at radius 1 is 1.07 bits per heavy atom. The lowest BCUT2D eigenvalue weighted by Gasteiger charge is -2.26. The summed E-state index contributed by atoms with van der Waals surface area (Å²) >= 11 is 0. The lowest BCUT2D eigenvalue weighted by Crippen LogP contribution is -2.40. The lowest BCUT2D eigenvalue weighted by molar-refractivity contribution is 0.0730. The Morgan fingerprint density at radius 3 is 2.61 bits per heavy atom. The number of hydrogen-bond donors (Lipinski definition) is 1. The quantitative estimate of drug-likeness (QED) is 0.731. The van der Waals surface area contributed by atoms with E-state index in [1.165, 1.54) is 10.4 Å². The second-order valence-corrected chi connectivity index (χ2v) is 8.61. The third-order valence-electron chi connectivity index (χ3n) is 4.84. The van der Waals surface area contributed by atoms with Crippen LogP contribution in [-0.2, 0) is 21.8 Å². The number of carbonyl (C=O) groups is 1. The first-order valence-electron chi connectivity index (χ1n) is 9.00. The molecule has 1 N–H and O–H groups in total. The zero-order valence-corrected chi connectivity index (χ0v) is 16.3. The molecule has 1 amide bonds. The maximum absolute atomic E-state index is 12.8. The molecule has 1 aliphatic rings. The Bertz CT molecular complexity index is 1130. The van der Waals surface area contributed by atoms with E-state index in [0.717, 1.165) is 10.9 Å². The zero-order chi connectivity index (χ0) is 19.7. The minimum absolute atomic E-state index is 0.158. The highest BCUT2D eigenvalue weighted by molar-refractivity contribution is 7.89. The highest BCUT2D eigenvalue weighted by Gasteiger charge is 2.26. The number of sulfonamides is 1. The molecule has 3 aromatic rings. The van der Waals surface area contributed by atoms with Crippen molar-refractivity contribution in [3.05, 3.63) is 60.3 Å². The van der Waals surface area contributed by atoms with Crippen LogP contribution in [0.2, 0.25) is 0 Å². The summed E-state index contributed by atoms with van der Waals surface area (Å²) in [4.78, 5) is 13.0. The molecule has 4 rings (SSSR count). The SMILES string of the molecule is Cn1cc(C(=O)Nc2cccc(S(=O)(=O)N3CCOCC3)c2)c2ccccc21. The molecule has 0 bridgehead atoms. The number of amides is 1. The van der Waals surface area contributed by atoms with Crippen LogP contribution in [0.1, 0.15) is 10.4 Å². The number of aromatic nitrogens is 1. The Hall–Kier alpha value is -2.68. The van der Waals surface area contributed by atoms with E-state index in [0.29, 0.717) is 37.6 Å². The first-order chi connectivity index (χ1) is 13.5. The summed E-state index contributed by atoms with van der Waals surface area (Å²) in [5.74, 6) is -0.280. The molecule has 1 aromatic heterocycles. The van der Waals surface area contributed by atoms with Gasteiger partial charge < -0.3 is 14.6 Å². The van der Waals surface area contributed by atoms with Crippen LogP contribution in [-0.4, -0.2) is 49.5 Å². The fourth-order valence-corrected chi connectivity index (χ4v) is 4.85. The molecule has 0 unspecified atom stereocenters. The number of nitrogens with zero attached hydrogens (tertiary/aromatic N) is 2. The van der Waals surface area contributed by atoms with Crippen molar-refractivity contribution in [1.29, 1.82) is 0 Å². The number of benzene rings is 2. The molecule has 0 saturated carbocycles. The molecule has 7 nitrogen and oxygen atoms in total. The highest BCUT2D eigenvalue weighted by atomic mass is 32.2. The maximum atomic E-state index is 12.8. The third-order valence-corrected chi connectivity index (χ3v) is 6.74. The fourth-order valence-electron chi connectivity index (χ4n) is 3.39. The van der Waals surface area contributed by atoms with Crippen molar-refractivity contribution in [3.63, 3.8) is 0 Å². The average molecular weight is 399 g/mol. The van der Waals surface area contributed by atoms with E-state index in [9.17, 15) is 13.2 Å². The van der Waals surface area contributed by atoms with E-state index in [1.54, 1.807) is 24.4 Å². The van der Waals surface area contributed by atoms with Crippen LogP contribution in [0.3, 0.4) is 0 Å². The molecule has 0 aliphatic carbocycles. The number of fused-ring (bicyclic) bond motifs is 1. The van der Waals surface area contributed by atoms with Crippen molar-refractivity contribution >= 4 is 32.5 Å². The molecular weight excluding hydrogens is 378 g/mol. The van der Waals surface area contributed by atoms with Crippen molar-refractivity contribution in [1.82, 2.24) is 8.87 Å². The van der Waals surface area contributed by atoms with E-state index in [2.05, 4.69) is 5.32 Å². The molecule has 146 valence electrons. The minimum atomic E-state index is -3.62. The molecule has 0 atom stereocenters. The van der Waals surface area contributed by atoms with Crippen molar-refractivity contribution in [2.45, 2.75) is 4.90 Å². The van der Waals surface area contributed by atoms with Crippen LogP contribution in [0.15, 0.2) is 59.6 Å². The summed E-state index contributed by atoms with van der Waals surface area (Å²) < 4.78 is 34.2. The number of anilines is 1. The fraction of sp³-hybridized carbons (Fsp3) is 0.250. The van der Waals surface area contributed by atoms with Crippen molar-refractivity contribution in [2.75, 3.05) is 31.6 Å². The molecule has 2 heterocycles. The second kappa shape index (κ2) is 7.38. The summed E-state index contributed by atoms with van der Waals surface area (Å²) in [6.07, 6.45) is 1.77. The van der Waals surface area contributed by atoms with Crippen LogP contribution in [0.5, 0.6) is 0 Å². The number of carbonyl (C=O) groups excluding carboxylic acids is 1. The topological polar surface area (TPSA) is 80.6 Å². The molecule has 2 aromatic carbocycles. The summed E-state index contributed by atoms with van der Waals surface area (Å²) in [5, 5.41) is 3.67. The minimum Gasteiger partial charge on any atom is -0.379 e. The van der Waals surface area contributed by atoms with Gasteiger partial charge in [0, 0.05) is 42.9 Å². The van der Waals surface area contributed by atoms with E-state index >= 15 is 0 Å². The number of hydrogen-bond acceptors (Lipinski definition) is 4. The Kier molecular flexibility index (Phi) is 4.92. The van der Waals surface area contributed by atoms with Gasteiger partial charge in [-0.15, -0.1) is 0 Å². The predicted molar refractivity (Wildman–Crippen MR) is 107 cm³/mol. The Balaban J connectivity index is 1.60. The van der Waals surface area contributed by atoms with Crippen molar-refractivity contribution in [2.24, 2.45) is 7.05 Å². The number of rotatable bonds is 4. The van der Waals surface area contributed by atoms with Gasteiger partial charge in [0.2, 0.25) is 10.0 Å². The lowest BCUT2D eigenvalue weighted by atomic mass is 10.1. The highest BCUT2D eigenvalue weighted by Crippen LogP contribution is 2.24. The molecule has 1 fully saturated rings. The maximum Gasteiger partial charge on any atom is 0.257 e. The molecule has 1 saturated heterocycles. The zero-order valence-electron chi connectivity index (χ0n) is 15.5. The number of aryl methyl sites for hydroxylation is 1. The van der Waals surface area contributed by atoms with Gasteiger partial charge in [-0.05, 0) is 24.3 Å². The number of para-hydroxylation sites is 1. The molecule has 1 aliphatic heterocycles. The average Bonchev–Trinajstić information content (AvgIpc) is 3.06. The van der Waals surface area contributed by atoms with Gasteiger partial charge >= 0.3 is 0 Å². The summed E-state index contributed by atoms with van der Waals surface area (Å²) in [7, 11) is -1.73. The van der Waals surface area contributed by atoms with E-state index < -0.39 is 10.0 Å². The van der Waals surface area contributed by atoms with Gasteiger partial charge in [-0.1, -0.05) is 24.3 Å². The van der Waals surface area contributed by atoms with E-state index in [1.807, 2.05) is 35.9 Å². The third kappa shape index (κ3) is 3.42. The van der Waals surface area contributed by atoms with Gasteiger partial charge in [-0.3, -0.25) is 4.79 Å². The monoisotopic (exact) mass is 399 g/mol. The van der Waals surface area contributed by atoms with Crippen molar-refractivity contribution < 1.29 is 17.9 Å². The molecule has 8 heteroatoms. The smallest absolute Gasteiger partial charge is 0.257 e. The molecule has 0 radical (unpaired) electrons. The first kappa shape index (κ1) is 18.7. The first-order valence-corrected chi connectivity index (χ1v) is 10.4. The summed E-state index contributed by atoms with van der Waals surface area (Å²) in [6.45, 7) is 1.43. The number of morpholine rings is 1. The largest absolute Gasteiger partial charge is 0.379 e. The summed E-state index contributed by atoms with van der Waals surface area (Å²) in [5.41, 5.74) is 1.93. The van der Waals surface area contributed by atoms with Crippen molar-refractivity contribution in [3.8, 4) is 0 Å². The normalized spacial score (nSPS) is 15.6. The van der Waals surface area contributed by atoms with Crippen LogP contribution in [0.4, 0.5) is 5.69 Å². The molecule has 0 spiro atoms. The Labute approximate surface area is 163 Å². The predicted octanol–water partition coefficient (Wildman–Crippen LogP) is 2.45. The van der Waals surface area contributed by atoms with Crippen LogP contribution >= 0.6 is 0 Å². The van der Waals surface area contributed by atoms with Gasteiger partial charge in [0.1, 0.15) is 0 Å². The molecule has 28 heavy (non-hydrogen) atoms. The van der Waals surface area contributed by atoms with Crippen LogP contribution < -0.4 is 5.32 Å². The van der Waals surface area contributed by atoms with E-state index in [-0.39, 0.29) is 10.8 Å². The van der Waals surface area contributed by atoms with Crippen LogP contribution in [0, 0.1) is 0 Å². The Morgan fingerprint density at radius 2 is 1.82 bits per heavy atom. The number of ether oxygens (including phenoxy) is 1. The van der Waals surface area contributed by atoms with Gasteiger partial charge in [0.15, 0.2) is 0 Å².